The Morgan fingerprint density at radius 2 is 2.04 bits per heavy atom. The number of thiazole rings is 1. The maximum atomic E-state index is 12.9. The fourth-order valence-corrected chi connectivity index (χ4v) is 7.07. The minimum atomic E-state index is 0.198. The first-order chi connectivity index (χ1) is 12.6. The van der Waals surface area contributed by atoms with Gasteiger partial charge in [-0.2, -0.15) is 0 Å². The molecule has 5 rings (SSSR count). The van der Waals surface area contributed by atoms with Gasteiger partial charge in [-0.15, -0.1) is 22.7 Å². The monoisotopic (exact) mass is 386 g/mol. The van der Waals surface area contributed by atoms with Crippen LogP contribution in [0.5, 0.6) is 0 Å². The number of nitrogens with one attached hydrogen (secondary N) is 1. The lowest BCUT2D eigenvalue weighted by molar-refractivity contribution is -0.120. The summed E-state index contributed by atoms with van der Waals surface area (Å²) in [6.07, 6.45) is 12.2. The minimum absolute atomic E-state index is 0.198. The van der Waals surface area contributed by atoms with Crippen molar-refractivity contribution < 1.29 is 4.79 Å². The van der Waals surface area contributed by atoms with Crippen LogP contribution in [0.4, 0.5) is 5.00 Å². The van der Waals surface area contributed by atoms with Crippen molar-refractivity contribution in [3.05, 3.63) is 21.5 Å². The molecular weight excluding hydrogens is 360 g/mol. The molecule has 1 amide bonds. The van der Waals surface area contributed by atoms with E-state index in [1.165, 1.54) is 60.9 Å². The lowest BCUT2D eigenvalue weighted by Crippen LogP contribution is -2.24. The second kappa shape index (κ2) is 6.45. The smallest absolute Gasteiger partial charge is 0.228 e. The van der Waals surface area contributed by atoms with E-state index in [9.17, 15) is 4.79 Å². The van der Waals surface area contributed by atoms with E-state index in [4.69, 9.17) is 4.98 Å². The predicted octanol–water partition coefficient (Wildman–Crippen LogP) is 5.97. The second-order valence-electron chi connectivity index (χ2n) is 8.50. The van der Waals surface area contributed by atoms with Gasteiger partial charge >= 0.3 is 0 Å². The molecule has 3 aliphatic carbocycles. The SMILES string of the molecule is Cc1csc(-c2c(NC(=O)C3CCCCC3)sc3c2CCC2(CC2)C3)n1. The number of rotatable bonds is 3. The summed E-state index contributed by atoms with van der Waals surface area (Å²) in [4.78, 5) is 19.2. The van der Waals surface area contributed by atoms with Crippen molar-refractivity contribution in [3.63, 3.8) is 0 Å². The molecule has 0 saturated heterocycles. The summed E-state index contributed by atoms with van der Waals surface area (Å²) in [6.45, 7) is 2.05. The first-order valence-electron chi connectivity index (χ1n) is 10.0. The average Bonchev–Trinajstić information content (AvgIpc) is 3.09. The molecule has 0 unspecified atom stereocenters. The fraction of sp³-hybridized carbons (Fsp3) is 0.619. The van der Waals surface area contributed by atoms with E-state index in [2.05, 4.69) is 17.6 Å². The number of hydrogen-bond donors (Lipinski definition) is 1. The maximum Gasteiger partial charge on any atom is 0.228 e. The van der Waals surface area contributed by atoms with E-state index in [-0.39, 0.29) is 11.8 Å². The molecule has 0 bridgehead atoms. The number of carbonyl (C=O) groups is 1. The first-order valence-corrected chi connectivity index (χ1v) is 11.7. The largest absolute Gasteiger partial charge is 0.317 e. The Labute approximate surface area is 163 Å². The quantitative estimate of drug-likeness (QED) is 0.706. The van der Waals surface area contributed by atoms with Gasteiger partial charge in [0.2, 0.25) is 5.91 Å². The Morgan fingerprint density at radius 3 is 2.73 bits per heavy atom. The molecule has 0 aliphatic heterocycles. The summed E-state index contributed by atoms with van der Waals surface area (Å²) in [5, 5.41) is 7.62. The summed E-state index contributed by atoms with van der Waals surface area (Å²) in [5.41, 5.74) is 4.38. The average molecular weight is 387 g/mol. The van der Waals surface area contributed by atoms with E-state index in [0.717, 1.165) is 35.0 Å². The molecule has 1 spiro atoms. The van der Waals surface area contributed by atoms with Crippen LogP contribution in [0, 0.1) is 18.3 Å². The topological polar surface area (TPSA) is 42.0 Å². The van der Waals surface area contributed by atoms with Crippen LogP contribution in [0.3, 0.4) is 0 Å². The highest BCUT2D eigenvalue weighted by atomic mass is 32.1. The number of nitrogens with zero attached hydrogens (tertiary/aromatic N) is 1. The highest BCUT2D eigenvalue weighted by molar-refractivity contribution is 7.18. The third-order valence-corrected chi connectivity index (χ3v) is 8.66. The highest BCUT2D eigenvalue weighted by Crippen LogP contribution is 2.58. The van der Waals surface area contributed by atoms with Crippen molar-refractivity contribution in [2.45, 2.75) is 71.1 Å². The van der Waals surface area contributed by atoms with Crippen LogP contribution in [-0.2, 0) is 17.6 Å². The fourth-order valence-electron chi connectivity index (χ4n) is 4.70. The molecule has 138 valence electrons. The highest BCUT2D eigenvalue weighted by Gasteiger charge is 2.46. The Balaban J connectivity index is 1.49. The Morgan fingerprint density at radius 1 is 1.23 bits per heavy atom. The Hall–Kier alpha value is -1.20. The summed E-state index contributed by atoms with van der Waals surface area (Å²) in [7, 11) is 0. The van der Waals surface area contributed by atoms with Gasteiger partial charge in [0.25, 0.3) is 0 Å². The molecule has 2 saturated carbocycles. The zero-order valence-electron chi connectivity index (χ0n) is 15.4. The number of fused-ring (bicyclic) bond motifs is 1. The van der Waals surface area contributed by atoms with Gasteiger partial charge in [-0.3, -0.25) is 4.79 Å². The number of anilines is 1. The van der Waals surface area contributed by atoms with Crippen LogP contribution in [0.2, 0.25) is 0 Å². The molecule has 3 nitrogen and oxygen atoms in total. The van der Waals surface area contributed by atoms with Gasteiger partial charge in [-0.25, -0.2) is 4.98 Å². The lowest BCUT2D eigenvalue weighted by Gasteiger charge is -2.21. The zero-order chi connectivity index (χ0) is 17.7. The van der Waals surface area contributed by atoms with Crippen LogP contribution < -0.4 is 5.32 Å². The number of hydrogen-bond acceptors (Lipinski definition) is 4. The summed E-state index contributed by atoms with van der Waals surface area (Å²) in [6, 6.07) is 0. The van der Waals surface area contributed by atoms with Crippen molar-refractivity contribution in [2.75, 3.05) is 5.32 Å². The standard InChI is InChI=1S/C21H26N2OS2/c1-13-12-25-19(22-13)17-15-7-8-21(9-10-21)11-16(15)26-20(17)23-18(24)14-5-3-2-4-6-14/h12,14H,2-11H2,1H3,(H,23,24). The molecule has 0 radical (unpaired) electrons. The minimum Gasteiger partial charge on any atom is -0.317 e. The number of carbonyl (C=O) groups excluding carboxylic acids is 1. The van der Waals surface area contributed by atoms with Crippen LogP contribution >= 0.6 is 22.7 Å². The van der Waals surface area contributed by atoms with Crippen molar-refractivity contribution in [1.29, 1.82) is 0 Å². The summed E-state index contributed by atoms with van der Waals surface area (Å²) < 4.78 is 0. The van der Waals surface area contributed by atoms with Gasteiger partial charge < -0.3 is 5.32 Å². The van der Waals surface area contributed by atoms with Gasteiger partial charge in [0.05, 0.1) is 0 Å². The molecule has 2 aromatic rings. The number of aryl methyl sites for hydroxylation is 1. The van der Waals surface area contributed by atoms with E-state index >= 15 is 0 Å². The number of amides is 1. The molecular formula is C21H26N2OS2. The van der Waals surface area contributed by atoms with Crippen molar-refractivity contribution in [1.82, 2.24) is 4.98 Å². The summed E-state index contributed by atoms with van der Waals surface area (Å²) >= 11 is 3.55. The number of thiophene rings is 1. The van der Waals surface area contributed by atoms with Crippen LogP contribution in [0.15, 0.2) is 5.38 Å². The molecule has 0 atom stereocenters. The van der Waals surface area contributed by atoms with E-state index in [0.29, 0.717) is 5.41 Å². The third kappa shape index (κ3) is 3.03. The number of aromatic nitrogens is 1. The van der Waals surface area contributed by atoms with Crippen molar-refractivity contribution in [2.24, 2.45) is 11.3 Å². The Bertz CT molecular complexity index is 840. The van der Waals surface area contributed by atoms with Crippen molar-refractivity contribution in [3.8, 4) is 10.6 Å². The zero-order valence-corrected chi connectivity index (χ0v) is 17.0. The van der Waals surface area contributed by atoms with Gasteiger partial charge in [-0.05, 0) is 62.8 Å². The van der Waals surface area contributed by atoms with Gasteiger partial charge in [0.15, 0.2) is 0 Å². The van der Waals surface area contributed by atoms with Crippen LogP contribution in [0.1, 0.15) is 67.5 Å². The molecule has 1 N–H and O–H groups in total. The summed E-state index contributed by atoms with van der Waals surface area (Å²) in [5.74, 6) is 0.433. The molecule has 2 aromatic heterocycles. The predicted molar refractivity (Wildman–Crippen MR) is 109 cm³/mol. The van der Waals surface area contributed by atoms with E-state index < -0.39 is 0 Å². The van der Waals surface area contributed by atoms with Crippen LogP contribution in [-0.4, -0.2) is 10.9 Å². The van der Waals surface area contributed by atoms with Crippen LogP contribution in [0.25, 0.3) is 10.6 Å². The van der Waals surface area contributed by atoms with E-state index in [1.54, 1.807) is 11.3 Å². The van der Waals surface area contributed by atoms with Gasteiger partial charge in [0.1, 0.15) is 10.0 Å². The van der Waals surface area contributed by atoms with Gasteiger partial charge in [-0.1, -0.05) is 19.3 Å². The normalized spacial score (nSPS) is 21.6. The lowest BCUT2D eigenvalue weighted by atomic mass is 9.84. The third-order valence-electron chi connectivity index (χ3n) is 6.53. The molecule has 3 aliphatic rings. The molecule has 5 heteroatoms. The maximum absolute atomic E-state index is 12.9. The molecule has 0 aromatic carbocycles. The first kappa shape index (κ1) is 16.9. The molecule has 2 fully saturated rings. The van der Waals surface area contributed by atoms with Gasteiger partial charge in [0, 0.05) is 27.4 Å². The molecule has 26 heavy (non-hydrogen) atoms. The second-order valence-corrected chi connectivity index (χ2v) is 10.5. The van der Waals surface area contributed by atoms with Crippen molar-refractivity contribution >= 4 is 33.6 Å². The molecule has 2 heterocycles. The van der Waals surface area contributed by atoms with E-state index in [1.807, 2.05) is 11.3 Å². The Kier molecular flexibility index (Phi) is 4.20.